The molecule has 2 rings (SSSR count). The Labute approximate surface area is 112 Å². The summed E-state index contributed by atoms with van der Waals surface area (Å²) >= 11 is 0. The zero-order chi connectivity index (χ0) is 13.4. The molecule has 0 aromatic heterocycles. The van der Waals surface area contributed by atoms with Crippen molar-refractivity contribution in [3.8, 4) is 5.75 Å². The Bertz CT molecular complexity index is 345. The molecule has 0 radical (unpaired) electrons. The fraction of sp³-hybridized carbons (Fsp3) is 0.500. The van der Waals surface area contributed by atoms with E-state index >= 15 is 0 Å². The zero-order valence-corrected chi connectivity index (χ0v) is 12.3. The van der Waals surface area contributed by atoms with Crippen molar-refractivity contribution < 1.29 is 9.53 Å². The van der Waals surface area contributed by atoms with Crippen molar-refractivity contribution in [2.24, 2.45) is 0 Å². The van der Waals surface area contributed by atoms with Crippen LogP contribution in [0.15, 0.2) is 24.3 Å². The van der Waals surface area contributed by atoms with Gasteiger partial charge in [-0.15, -0.1) is 0 Å². The van der Waals surface area contributed by atoms with Crippen molar-refractivity contribution in [1.82, 2.24) is 4.67 Å². The lowest BCUT2D eigenvalue weighted by molar-refractivity contribution is 0.112. The van der Waals surface area contributed by atoms with E-state index in [2.05, 4.69) is 14.1 Å². The van der Waals surface area contributed by atoms with Crippen LogP contribution in [-0.4, -0.2) is 30.2 Å². The Morgan fingerprint density at radius 2 is 1.78 bits per heavy atom. The lowest BCUT2D eigenvalue weighted by Gasteiger charge is -2.29. The fourth-order valence-corrected chi connectivity index (χ4v) is 2.11. The number of hydrogen-bond acceptors (Lipinski definition) is 3. The van der Waals surface area contributed by atoms with Gasteiger partial charge in [-0.05, 0) is 37.1 Å². The van der Waals surface area contributed by atoms with Gasteiger partial charge in [0.25, 0.3) is 0 Å². The first-order valence-corrected chi connectivity index (χ1v) is 7.01. The molecular formula is C14H22NO2P. The molecule has 0 amide bonds. The number of benzene rings is 1. The monoisotopic (exact) mass is 267 g/mol. The quantitative estimate of drug-likeness (QED) is 0.622. The predicted molar refractivity (Wildman–Crippen MR) is 78.1 cm³/mol. The standard InChI is InChI=1S/C12H16NO2P.C2H6/c14-9-10-1-3-11(4-2-10)15-12-5-7-13(16)8-6-12;1-2/h1-4,9,12H,5-8,16H2;1-2H3. The molecule has 0 aliphatic carbocycles. The number of hydrogen-bond donors (Lipinski definition) is 0. The van der Waals surface area contributed by atoms with E-state index < -0.39 is 0 Å². The number of carbonyl (C=O) groups is 1. The third-order valence-corrected chi connectivity index (χ3v) is 3.31. The van der Waals surface area contributed by atoms with Crippen LogP contribution in [0, 0.1) is 0 Å². The van der Waals surface area contributed by atoms with E-state index in [1.165, 1.54) is 0 Å². The van der Waals surface area contributed by atoms with Gasteiger partial charge in [0.15, 0.2) is 0 Å². The maximum Gasteiger partial charge on any atom is 0.150 e. The molecule has 0 spiro atoms. The van der Waals surface area contributed by atoms with Crippen LogP contribution in [-0.2, 0) is 0 Å². The van der Waals surface area contributed by atoms with Gasteiger partial charge in [0.2, 0.25) is 0 Å². The number of carbonyl (C=O) groups excluding carboxylic acids is 1. The summed E-state index contributed by atoms with van der Waals surface area (Å²) in [5.74, 6) is 0.854. The van der Waals surface area contributed by atoms with Crippen LogP contribution < -0.4 is 4.74 Å². The smallest absolute Gasteiger partial charge is 0.150 e. The van der Waals surface area contributed by atoms with Gasteiger partial charge in [-0.2, -0.15) is 0 Å². The highest BCUT2D eigenvalue weighted by molar-refractivity contribution is 7.13. The summed E-state index contributed by atoms with van der Waals surface area (Å²) in [5, 5.41) is 0. The summed E-state index contributed by atoms with van der Waals surface area (Å²) in [7, 11) is 2.72. The van der Waals surface area contributed by atoms with Crippen LogP contribution in [0.1, 0.15) is 37.0 Å². The molecule has 100 valence electrons. The Balaban J connectivity index is 0.000000771. The molecule has 1 saturated heterocycles. The van der Waals surface area contributed by atoms with E-state index in [4.69, 9.17) is 4.74 Å². The molecule has 1 unspecified atom stereocenters. The van der Waals surface area contributed by atoms with Crippen LogP contribution in [0.25, 0.3) is 0 Å². The minimum atomic E-state index is 0.305. The Hall–Kier alpha value is -0.920. The summed E-state index contributed by atoms with van der Waals surface area (Å²) in [6.07, 6.45) is 3.26. The van der Waals surface area contributed by atoms with E-state index in [0.29, 0.717) is 11.7 Å². The summed E-state index contributed by atoms with van der Waals surface area (Å²) in [6.45, 7) is 6.11. The van der Waals surface area contributed by atoms with Gasteiger partial charge in [0.05, 0.1) is 0 Å². The van der Waals surface area contributed by atoms with Crippen molar-refractivity contribution in [2.75, 3.05) is 13.1 Å². The molecule has 1 heterocycles. The Kier molecular flexibility index (Phi) is 6.92. The van der Waals surface area contributed by atoms with Crippen LogP contribution in [0.5, 0.6) is 5.75 Å². The summed E-state index contributed by atoms with van der Waals surface area (Å²) in [4.78, 5) is 10.5. The number of aldehydes is 1. The van der Waals surface area contributed by atoms with Gasteiger partial charge < -0.3 is 4.74 Å². The molecule has 18 heavy (non-hydrogen) atoms. The van der Waals surface area contributed by atoms with Crippen LogP contribution >= 0.6 is 9.39 Å². The molecule has 1 aliphatic rings. The van der Waals surface area contributed by atoms with Gasteiger partial charge in [-0.1, -0.05) is 23.2 Å². The molecule has 0 saturated carbocycles. The van der Waals surface area contributed by atoms with Crippen LogP contribution in [0.2, 0.25) is 0 Å². The summed E-state index contributed by atoms with van der Waals surface area (Å²) in [6, 6.07) is 7.29. The number of nitrogens with zero attached hydrogens (tertiary/aromatic N) is 1. The maximum atomic E-state index is 10.5. The molecule has 1 fully saturated rings. The Morgan fingerprint density at radius 1 is 1.22 bits per heavy atom. The minimum Gasteiger partial charge on any atom is -0.490 e. The third-order valence-electron chi connectivity index (χ3n) is 2.80. The van der Waals surface area contributed by atoms with Crippen molar-refractivity contribution in [3.63, 3.8) is 0 Å². The van der Waals surface area contributed by atoms with Gasteiger partial charge in [-0.25, -0.2) is 0 Å². The van der Waals surface area contributed by atoms with Crippen molar-refractivity contribution in [1.29, 1.82) is 0 Å². The van der Waals surface area contributed by atoms with Gasteiger partial charge >= 0.3 is 0 Å². The molecule has 0 N–H and O–H groups in total. The van der Waals surface area contributed by atoms with E-state index in [1.807, 2.05) is 26.0 Å². The van der Waals surface area contributed by atoms with Crippen molar-refractivity contribution in [3.05, 3.63) is 29.8 Å². The molecule has 0 bridgehead atoms. The predicted octanol–water partition coefficient (Wildman–Crippen LogP) is 3.16. The molecule has 1 aromatic carbocycles. The minimum absolute atomic E-state index is 0.305. The summed E-state index contributed by atoms with van der Waals surface area (Å²) < 4.78 is 8.08. The Morgan fingerprint density at radius 3 is 2.28 bits per heavy atom. The summed E-state index contributed by atoms with van der Waals surface area (Å²) in [5.41, 5.74) is 0.687. The molecule has 1 aromatic rings. The van der Waals surface area contributed by atoms with Crippen LogP contribution in [0.4, 0.5) is 0 Å². The number of ether oxygens (including phenoxy) is 1. The second kappa shape index (κ2) is 8.23. The van der Waals surface area contributed by atoms with Crippen molar-refractivity contribution in [2.45, 2.75) is 32.8 Å². The highest BCUT2D eigenvalue weighted by Crippen LogP contribution is 2.20. The molecule has 3 nitrogen and oxygen atoms in total. The van der Waals surface area contributed by atoms with E-state index in [9.17, 15) is 4.79 Å². The normalized spacial score (nSPS) is 16.6. The zero-order valence-electron chi connectivity index (χ0n) is 11.1. The van der Waals surface area contributed by atoms with Gasteiger partial charge in [0, 0.05) is 18.7 Å². The number of piperidine rings is 1. The topological polar surface area (TPSA) is 29.5 Å². The second-order valence-electron chi connectivity index (χ2n) is 4.04. The highest BCUT2D eigenvalue weighted by Gasteiger charge is 2.17. The first-order chi connectivity index (χ1) is 8.78. The lowest BCUT2D eigenvalue weighted by atomic mass is 10.1. The first kappa shape index (κ1) is 15.1. The molecule has 1 atom stereocenters. The molecule has 1 aliphatic heterocycles. The van der Waals surface area contributed by atoms with Crippen molar-refractivity contribution >= 4 is 15.7 Å². The molecular weight excluding hydrogens is 245 g/mol. The maximum absolute atomic E-state index is 10.5. The SMILES string of the molecule is CC.O=Cc1ccc(OC2CCN(P)CC2)cc1. The average Bonchev–Trinajstić information content (AvgIpc) is 2.44. The third kappa shape index (κ3) is 4.75. The van der Waals surface area contributed by atoms with E-state index in [-0.39, 0.29) is 0 Å². The molecule has 4 heteroatoms. The lowest BCUT2D eigenvalue weighted by Crippen LogP contribution is -2.32. The first-order valence-electron chi connectivity index (χ1n) is 6.49. The fourth-order valence-electron chi connectivity index (χ4n) is 1.81. The average molecular weight is 267 g/mol. The van der Waals surface area contributed by atoms with E-state index in [1.54, 1.807) is 12.1 Å². The number of rotatable bonds is 3. The van der Waals surface area contributed by atoms with Crippen LogP contribution in [0.3, 0.4) is 0 Å². The van der Waals surface area contributed by atoms with Gasteiger partial charge in [-0.3, -0.25) is 9.46 Å². The van der Waals surface area contributed by atoms with Gasteiger partial charge in [0.1, 0.15) is 18.1 Å². The highest BCUT2D eigenvalue weighted by atomic mass is 31.0. The largest absolute Gasteiger partial charge is 0.490 e. The second-order valence-corrected chi connectivity index (χ2v) is 4.77. The van der Waals surface area contributed by atoms with E-state index in [0.717, 1.165) is 38.0 Å².